The molecule has 0 saturated heterocycles. The second kappa shape index (κ2) is 6.37. The highest BCUT2D eigenvalue weighted by molar-refractivity contribution is 6.07. The number of hydrogen-bond donors (Lipinski definition) is 1. The van der Waals surface area contributed by atoms with Gasteiger partial charge in [0.25, 0.3) is 0 Å². The second-order valence-corrected chi connectivity index (χ2v) is 5.95. The van der Waals surface area contributed by atoms with E-state index in [0.717, 1.165) is 16.2 Å². The Balaban J connectivity index is 1.73. The van der Waals surface area contributed by atoms with Gasteiger partial charge in [-0.05, 0) is 41.1 Å². The Morgan fingerprint density at radius 3 is 2.58 bits per heavy atom. The first kappa shape index (κ1) is 15.9. The van der Waals surface area contributed by atoms with Crippen LogP contribution in [0.3, 0.4) is 0 Å². The van der Waals surface area contributed by atoms with Crippen LogP contribution in [0.15, 0.2) is 75.9 Å². The van der Waals surface area contributed by atoms with Gasteiger partial charge in [-0.2, -0.15) is 0 Å². The molecule has 0 radical (unpaired) electrons. The molecule has 4 rings (SSSR count). The summed E-state index contributed by atoms with van der Waals surface area (Å²) in [6, 6.07) is 19.3. The van der Waals surface area contributed by atoms with Crippen molar-refractivity contribution in [2.24, 2.45) is 0 Å². The molecule has 2 N–H and O–H groups in total. The summed E-state index contributed by atoms with van der Waals surface area (Å²) in [7, 11) is 0. The minimum absolute atomic E-state index is 0.0285. The van der Waals surface area contributed by atoms with Crippen LogP contribution in [0.2, 0.25) is 0 Å². The first-order valence-corrected chi connectivity index (χ1v) is 8.09. The molecule has 0 spiro atoms. The number of anilines is 1. The molecule has 0 bridgehead atoms. The topological polar surface area (TPSA) is 82.5 Å². The first-order valence-electron chi connectivity index (χ1n) is 8.09. The minimum Gasteiger partial charge on any atom is -0.457 e. The molecule has 128 valence electrons. The van der Waals surface area contributed by atoms with Gasteiger partial charge < -0.3 is 14.9 Å². The van der Waals surface area contributed by atoms with Crippen molar-refractivity contribution in [3.05, 3.63) is 88.3 Å². The number of rotatable bonds is 3. The maximum absolute atomic E-state index is 12.2. The molecule has 5 nitrogen and oxygen atoms in total. The van der Waals surface area contributed by atoms with Crippen LogP contribution in [-0.4, -0.2) is 5.97 Å². The molecule has 0 fully saturated rings. The van der Waals surface area contributed by atoms with E-state index in [1.54, 1.807) is 30.3 Å². The van der Waals surface area contributed by atoms with E-state index in [2.05, 4.69) is 0 Å². The van der Waals surface area contributed by atoms with Gasteiger partial charge in [0.1, 0.15) is 12.2 Å². The van der Waals surface area contributed by atoms with Crippen LogP contribution in [0.1, 0.15) is 15.9 Å². The zero-order valence-corrected chi connectivity index (χ0v) is 13.8. The summed E-state index contributed by atoms with van der Waals surface area (Å²) in [5.41, 5.74) is 7.19. The van der Waals surface area contributed by atoms with Crippen LogP contribution in [-0.2, 0) is 11.3 Å². The molecular weight excluding hydrogens is 330 g/mol. The van der Waals surface area contributed by atoms with Crippen molar-refractivity contribution in [2.75, 3.05) is 5.73 Å². The molecule has 0 saturated carbocycles. The van der Waals surface area contributed by atoms with Gasteiger partial charge in [0.2, 0.25) is 0 Å². The number of esters is 1. The van der Waals surface area contributed by atoms with Gasteiger partial charge >= 0.3 is 11.6 Å². The number of fused-ring (bicyclic) bond motifs is 3. The molecule has 0 unspecified atom stereocenters. The summed E-state index contributed by atoms with van der Waals surface area (Å²) in [5.74, 6) is -0.480. The number of nitrogen functional groups attached to an aromatic ring is 1. The number of ether oxygens (including phenoxy) is 1. The van der Waals surface area contributed by atoms with Crippen molar-refractivity contribution in [1.82, 2.24) is 0 Å². The van der Waals surface area contributed by atoms with Crippen LogP contribution >= 0.6 is 0 Å². The fourth-order valence-corrected chi connectivity index (χ4v) is 2.98. The largest absolute Gasteiger partial charge is 0.457 e. The predicted molar refractivity (Wildman–Crippen MR) is 100.0 cm³/mol. The van der Waals surface area contributed by atoms with Crippen LogP contribution in [0, 0.1) is 0 Å². The number of benzene rings is 3. The van der Waals surface area contributed by atoms with Crippen molar-refractivity contribution in [1.29, 1.82) is 0 Å². The van der Waals surface area contributed by atoms with Gasteiger partial charge in [0.05, 0.1) is 5.56 Å². The quantitative estimate of drug-likeness (QED) is 0.264. The van der Waals surface area contributed by atoms with E-state index in [1.807, 2.05) is 30.3 Å². The summed E-state index contributed by atoms with van der Waals surface area (Å²) in [6.07, 6.45) is 0. The molecule has 0 aliphatic carbocycles. The lowest BCUT2D eigenvalue weighted by Gasteiger charge is -2.10. The van der Waals surface area contributed by atoms with E-state index in [1.165, 1.54) is 6.07 Å². The molecule has 0 atom stereocenters. The Morgan fingerprint density at radius 1 is 1.00 bits per heavy atom. The van der Waals surface area contributed by atoms with Crippen LogP contribution in [0.4, 0.5) is 5.69 Å². The second-order valence-electron chi connectivity index (χ2n) is 5.95. The highest BCUT2D eigenvalue weighted by Crippen LogP contribution is 2.27. The fraction of sp³-hybridized carbons (Fsp3) is 0.0476. The molecule has 0 aliphatic heterocycles. The molecule has 5 heteroatoms. The van der Waals surface area contributed by atoms with Crippen LogP contribution in [0.25, 0.3) is 21.7 Å². The number of carbonyl (C=O) groups excluding carboxylic acids is 1. The van der Waals surface area contributed by atoms with E-state index >= 15 is 0 Å². The lowest BCUT2D eigenvalue weighted by molar-refractivity contribution is 0.0474. The smallest absolute Gasteiger partial charge is 0.338 e. The molecule has 1 heterocycles. The summed E-state index contributed by atoms with van der Waals surface area (Å²) in [6.45, 7) is -0.0285. The third-order valence-corrected chi connectivity index (χ3v) is 4.22. The average Bonchev–Trinajstić information content (AvgIpc) is 2.66. The van der Waals surface area contributed by atoms with E-state index < -0.39 is 11.6 Å². The van der Waals surface area contributed by atoms with Gasteiger partial charge in [0.15, 0.2) is 0 Å². The molecule has 1 aromatic heterocycles. The molecule has 0 amide bonds. The predicted octanol–water partition coefficient (Wildman–Crippen LogP) is 3.89. The highest BCUT2D eigenvalue weighted by atomic mass is 16.5. The minimum atomic E-state index is -0.480. The van der Waals surface area contributed by atoms with Gasteiger partial charge in [-0.15, -0.1) is 0 Å². The third-order valence-electron chi connectivity index (χ3n) is 4.22. The SMILES string of the molecule is Nc1ccc(C(=O)OCc2cc(=O)oc3ccc4ccccc4c23)cc1. The molecular formula is C21H15NO4. The average molecular weight is 345 g/mol. The van der Waals surface area contributed by atoms with E-state index in [-0.39, 0.29) is 6.61 Å². The van der Waals surface area contributed by atoms with Crippen LogP contribution in [0.5, 0.6) is 0 Å². The Morgan fingerprint density at radius 2 is 1.77 bits per heavy atom. The molecule has 26 heavy (non-hydrogen) atoms. The fourth-order valence-electron chi connectivity index (χ4n) is 2.98. The molecule has 4 aromatic rings. The van der Waals surface area contributed by atoms with Crippen molar-refractivity contribution < 1.29 is 13.9 Å². The Kier molecular flexibility index (Phi) is 3.89. The lowest BCUT2D eigenvalue weighted by atomic mass is 10.0. The maximum Gasteiger partial charge on any atom is 0.338 e. The highest BCUT2D eigenvalue weighted by Gasteiger charge is 2.13. The van der Waals surface area contributed by atoms with Gasteiger partial charge in [-0.3, -0.25) is 0 Å². The summed E-state index contributed by atoms with van der Waals surface area (Å²) < 4.78 is 10.7. The Bertz CT molecular complexity index is 1180. The van der Waals surface area contributed by atoms with Crippen molar-refractivity contribution in [3.8, 4) is 0 Å². The normalized spacial score (nSPS) is 10.9. The van der Waals surface area contributed by atoms with Crippen LogP contribution < -0.4 is 11.4 Å². The summed E-state index contributed by atoms with van der Waals surface area (Å²) in [4.78, 5) is 24.1. The third kappa shape index (κ3) is 2.91. The Hall–Kier alpha value is -3.60. The number of carbonyl (C=O) groups is 1. The van der Waals surface area contributed by atoms with Gasteiger partial charge in [0, 0.05) is 22.7 Å². The molecule has 0 aliphatic rings. The van der Waals surface area contributed by atoms with Crippen molar-refractivity contribution in [3.63, 3.8) is 0 Å². The Labute approximate surface area is 148 Å². The summed E-state index contributed by atoms with van der Waals surface area (Å²) >= 11 is 0. The number of nitrogens with two attached hydrogens (primary N) is 1. The van der Waals surface area contributed by atoms with E-state index in [9.17, 15) is 9.59 Å². The standard InChI is InChI=1S/C21H15NO4/c22-16-8-5-14(6-9-16)21(24)25-12-15-11-19(23)26-18-10-7-13-3-1-2-4-17(13)20(15)18/h1-11H,12,22H2. The monoisotopic (exact) mass is 345 g/mol. The van der Waals surface area contributed by atoms with E-state index in [4.69, 9.17) is 14.9 Å². The van der Waals surface area contributed by atoms with Gasteiger partial charge in [-0.25, -0.2) is 9.59 Å². The zero-order valence-electron chi connectivity index (χ0n) is 13.8. The van der Waals surface area contributed by atoms with Crippen molar-refractivity contribution in [2.45, 2.75) is 6.61 Å². The maximum atomic E-state index is 12.2. The number of hydrogen-bond acceptors (Lipinski definition) is 5. The van der Waals surface area contributed by atoms with E-state index in [0.29, 0.717) is 22.4 Å². The lowest BCUT2D eigenvalue weighted by Crippen LogP contribution is -2.08. The zero-order chi connectivity index (χ0) is 18.1. The van der Waals surface area contributed by atoms with Crippen molar-refractivity contribution >= 4 is 33.4 Å². The van der Waals surface area contributed by atoms with Gasteiger partial charge in [-0.1, -0.05) is 30.3 Å². The summed E-state index contributed by atoms with van der Waals surface area (Å²) in [5, 5.41) is 2.72. The first-order chi connectivity index (χ1) is 12.6. The molecule has 3 aromatic carbocycles.